The first-order valence-corrected chi connectivity index (χ1v) is 9.70. The van der Waals surface area contributed by atoms with E-state index < -0.39 is 17.4 Å². The Balaban J connectivity index is 2.01. The van der Waals surface area contributed by atoms with Crippen LogP contribution in [0.4, 0.5) is 0 Å². The quantitative estimate of drug-likeness (QED) is 0.585. The molecular weight excluding hydrogens is 400 g/mol. The summed E-state index contributed by atoms with van der Waals surface area (Å²) in [5.74, 6) is -1.77. The van der Waals surface area contributed by atoms with E-state index in [1.807, 2.05) is 0 Å². The van der Waals surface area contributed by atoms with Crippen molar-refractivity contribution in [1.82, 2.24) is 4.57 Å². The topological polar surface area (TPSA) is 134 Å². The number of aromatic nitrogens is 1. The van der Waals surface area contributed by atoms with Crippen LogP contribution in [0.1, 0.15) is 17.0 Å². The summed E-state index contributed by atoms with van der Waals surface area (Å²) in [6.45, 7) is 0. The summed E-state index contributed by atoms with van der Waals surface area (Å²) in [6.07, 6.45) is 1.62. The molecule has 0 bridgehead atoms. The van der Waals surface area contributed by atoms with Crippen molar-refractivity contribution in [3.63, 3.8) is 0 Å². The van der Waals surface area contributed by atoms with Crippen LogP contribution in [0, 0.1) is 34.0 Å². The van der Waals surface area contributed by atoms with Gasteiger partial charge < -0.3 is 10.2 Å². The van der Waals surface area contributed by atoms with Gasteiger partial charge in [-0.15, -0.1) is 11.3 Å². The molecule has 0 saturated carbocycles. The first kappa shape index (κ1) is 19.2. The molecule has 1 aliphatic heterocycles. The fourth-order valence-electron chi connectivity index (χ4n) is 3.49. The van der Waals surface area contributed by atoms with Gasteiger partial charge >= 0.3 is 0 Å². The molecule has 1 aromatic heterocycles. The van der Waals surface area contributed by atoms with Crippen LogP contribution in [0.2, 0.25) is 0 Å². The second kappa shape index (κ2) is 7.36. The lowest BCUT2D eigenvalue weighted by Crippen LogP contribution is -2.45. The molecule has 2 heterocycles. The molecule has 0 fully saturated rings. The van der Waals surface area contributed by atoms with Crippen molar-refractivity contribution >= 4 is 28.8 Å². The molecule has 146 valence electrons. The normalized spacial score (nSPS) is 18.5. The number of phenolic OH excluding ortho intramolecular Hbond substituents is 2. The van der Waals surface area contributed by atoms with E-state index in [1.165, 1.54) is 24.3 Å². The maximum absolute atomic E-state index is 13.0. The van der Waals surface area contributed by atoms with Gasteiger partial charge in [-0.25, -0.2) is 0 Å². The van der Waals surface area contributed by atoms with Crippen LogP contribution in [0.5, 0.6) is 11.5 Å². The van der Waals surface area contributed by atoms with Crippen LogP contribution in [-0.2, 0) is 0 Å². The van der Waals surface area contributed by atoms with Gasteiger partial charge in [0.1, 0.15) is 27.9 Å². The molecule has 0 amide bonds. The number of nitrogens with one attached hydrogen (secondary N) is 1. The number of thiazole rings is 1. The highest BCUT2D eigenvalue weighted by Gasteiger charge is 2.38. The molecule has 30 heavy (non-hydrogen) atoms. The monoisotopic (exact) mass is 414 g/mol. The van der Waals surface area contributed by atoms with Gasteiger partial charge in [0.25, 0.3) is 5.56 Å². The number of hydrogen-bond donors (Lipinski definition) is 3. The molecule has 0 aliphatic carbocycles. The van der Waals surface area contributed by atoms with E-state index in [0.29, 0.717) is 20.3 Å². The van der Waals surface area contributed by atoms with Gasteiger partial charge in [-0.1, -0.05) is 24.3 Å². The predicted molar refractivity (Wildman–Crippen MR) is 112 cm³/mol. The van der Waals surface area contributed by atoms with Crippen LogP contribution >= 0.6 is 11.3 Å². The largest absolute Gasteiger partial charge is 0.508 e. The molecule has 7 nitrogen and oxygen atoms in total. The summed E-state index contributed by atoms with van der Waals surface area (Å²) < 4.78 is 1.76. The zero-order valence-electron chi connectivity index (χ0n) is 15.4. The lowest BCUT2D eigenvalue weighted by Gasteiger charge is -2.26. The zero-order valence-corrected chi connectivity index (χ0v) is 16.2. The van der Waals surface area contributed by atoms with E-state index in [0.717, 1.165) is 15.9 Å². The molecule has 0 radical (unpaired) electrons. The summed E-state index contributed by atoms with van der Waals surface area (Å²) in [5.41, 5.74) is 1.05. The maximum atomic E-state index is 13.0. The van der Waals surface area contributed by atoms with Gasteiger partial charge in [0.05, 0.1) is 22.2 Å². The summed E-state index contributed by atoms with van der Waals surface area (Å²) in [6, 6.07) is 16.6. The molecule has 2 aromatic carbocycles. The smallest absolute Gasteiger partial charge is 0.274 e. The first-order chi connectivity index (χ1) is 14.4. The minimum Gasteiger partial charge on any atom is -0.508 e. The standard InChI is InChI=1S/C22H14N4O3S/c23-10-16-19(13-3-7-15(28)8-4-13)17(11-24)22-26(20(16)25)21(29)18(30-22)9-12-1-5-14(27)6-2-12/h1-9,16,19,25,27-28H. The van der Waals surface area contributed by atoms with Crippen molar-refractivity contribution in [2.45, 2.75) is 5.92 Å². The van der Waals surface area contributed by atoms with Gasteiger partial charge in [-0.2, -0.15) is 10.5 Å². The minimum absolute atomic E-state index is 0.0514. The molecule has 2 unspecified atom stereocenters. The summed E-state index contributed by atoms with van der Waals surface area (Å²) in [4.78, 5) is 13.0. The fraction of sp³-hybridized carbons (Fsp3) is 0.0909. The van der Waals surface area contributed by atoms with Crippen molar-refractivity contribution in [3.8, 4) is 23.6 Å². The third-order valence-electron chi connectivity index (χ3n) is 4.94. The molecule has 0 saturated heterocycles. The fourth-order valence-corrected chi connectivity index (χ4v) is 4.63. The van der Waals surface area contributed by atoms with Crippen molar-refractivity contribution in [3.05, 3.63) is 79.2 Å². The number of fused-ring (bicyclic) bond motifs is 1. The Morgan fingerprint density at radius 2 is 1.63 bits per heavy atom. The van der Waals surface area contributed by atoms with Crippen LogP contribution in [0.3, 0.4) is 0 Å². The van der Waals surface area contributed by atoms with E-state index in [4.69, 9.17) is 5.41 Å². The molecule has 4 rings (SSSR count). The first-order valence-electron chi connectivity index (χ1n) is 8.89. The molecule has 8 heteroatoms. The average Bonchev–Trinajstić information content (AvgIpc) is 3.06. The van der Waals surface area contributed by atoms with Gasteiger partial charge in [-0.3, -0.25) is 14.8 Å². The van der Waals surface area contributed by atoms with Gasteiger partial charge in [0, 0.05) is 5.92 Å². The molecule has 3 N–H and O–H groups in total. The van der Waals surface area contributed by atoms with Crippen LogP contribution in [-0.4, -0.2) is 20.6 Å². The number of benzene rings is 2. The van der Waals surface area contributed by atoms with Crippen molar-refractivity contribution in [2.24, 2.45) is 5.92 Å². The highest BCUT2D eigenvalue weighted by Crippen LogP contribution is 2.35. The summed E-state index contributed by atoms with van der Waals surface area (Å²) in [7, 11) is 0. The number of rotatable bonds is 2. The Kier molecular flexibility index (Phi) is 4.71. The van der Waals surface area contributed by atoms with Crippen LogP contribution in [0.15, 0.2) is 53.3 Å². The van der Waals surface area contributed by atoms with Gasteiger partial charge in [0.15, 0.2) is 0 Å². The summed E-state index contributed by atoms with van der Waals surface area (Å²) >= 11 is 1.08. The average molecular weight is 414 g/mol. The van der Waals surface area contributed by atoms with Gasteiger partial charge in [-0.05, 0) is 41.5 Å². The Morgan fingerprint density at radius 3 is 2.20 bits per heavy atom. The second-order valence-electron chi connectivity index (χ2n) is 6.73. The highest BCUT2D eigenvalue weighted by molar-refractivity contribution is 7.07. The molecule has 3 aromatic rings. The van der Waals surface area contributed by atoms with Crippen LogP contribution in [0.25, 0.3) is 11.6 Å². The molecule has 2 atom stereocenters. The Bertz CT molecular complexity index is 1420. The lowest BCUT2D eigenvalue weighted by molar-refractivity contribution is 0.474. The van der Waals surface area contributed by atoms with E-state index in [1.54, 1.807) is 30.3 Å². The Hall–Kier alpha value is -4.14. The van der Waals surface area contributed by atoms with E-state index >= 15 is 0 Å². The van der Waals surface area contributed by atoms with Crippen molar-refractivity contribution in [1.29, 1.82) is 15.9 Å². The van der Waals surface area contributed by atoms with E-state index in [-0.39, 0.29) is 22.9 Å². The third kappa shape index (κ3) is 3.06. The van der Waals surface area contributed by atoms with Crippen molar-refractivity contribution in [2.75, 3.05) is 0 Å². The SMILES string of the molecule is N#CC1=c2sc(=Cc3ccc(O)cc3)c(=O)n2C(=N)C(C#N)C1c1ccc(O)cc1. The maximum Gasteiger partial charge on any atom is 0.274 e. The molecule has 1 aliphatic rings. The van der Waals surface area contributed by atoms with Gasteiger partial charge in [0.2, 0.25) is 0 Å². The molecular formula is C22H14N4O3S. The van der Waals surface area contributed by atoms with E-state index in [9.17, 15) is 25.5 Å². The zero-order chi connectivity index (χ0) is 21.4. The Morgan fingerprint density at radius 1 is 1.03 bits per heavy atom. The number of hydrogen-bond acceptors (Lipinski definition) is 7. The Labute approximate surface area is 174 Å². The van der Waals surface area contributed by atoms with E-state index in [2.05, 4.69) is 12.1 Å². The summed E-state index contributed by atoms with van der Waals surface area (Å²) in [5, 5.41) is 47.1. The molecule has 0 spiro atoms. The van der Waals surface area contributed by atoms with Crippen molar-refractivity contribution < 1.29 is 10.2 Å². The lowest BCUT2D eigenvalue weighted by atomic mass is 9.79. The highest BCUT2D eigenvalue weighted by atomic mass is 32.1. The third-order valence-corrected chi connectivity index (χ3v) is 6.04. The number of aromatic hydroxyl groups is 2. The van der Waals surface area contributed by atoms with Crippen LogP contribution < -0.4 is 14.8 Å². The second-order valence-corrected chi connectivity index (χ2v) is 7.77. The number of phenols is 2. The predicted octanol–water partition coefficient (Wildman–Crippen LogP) is 1.59. The minimum atomic E-state index is -1.02. The number of nitriles is 2. The number of nitrogens with zero attached hydrogens (tertiary/aromatic N) is 3.